The van der Waals surface area contributed by atoms with Gasteiger partial charge in [-0.1, -0.05) is 96.8 Å². The molecule has 0 bridgehead atoms. The molecule has 0 aromatic rings. The normalized spacial score (nSPS) is 11.4. The molecule has 0 aliphatic carbocycles. The zero-order valence-electron chi connectivity index (χ0n) is 32.8. The minimum absolute atomic E-state index is 0.00293. The van der Waals surface area contributed by atoms with Gasteiger partial charge in [0.15, 0.2) is 0 Å². The summed E-state index contributed by atoms with van der Waals surface area (Å²) in [5, 5.41) is 8.50. The highest BCUT2D eigenvalue weighted by atomic mass is 16.6. The molecular weight excluding hydrogens is 676 g/mol. The van der Waals surface area contributed by atoms with Gasteiger partial charge in [-0.25, -0.2) is 0 Å². The van der Waals surface area contributed by atoms with Crippen molar-refractivity contribution < 1.29 is 62.1 Å². The molecular formula is C39H76O13. The van der Waals surface area contributed by atoms with Gasteiger partial charge in [0.2, 0.25) is 0 Å². The van der Waals surface area contributed by atoms with E-state index in [0.29, 0.717) is 119 Å². The Bertz CT molecular complexity index is 714. The van der Waals surface area contributed by atoms with E-state index >= 15 is 0 Å². The second-order valence-corrected chi connectivity index (χ2v) is 12.6. The quantitative estimate of drug-likeness (QED) is 0.0540. The zero-order valence-corrected chi connectivity index (χ0v) is 32.8. The average molecular weight is 753 g/mol. The molecule has 0 aromatic carbocycles. The van der Waals surface area contributed by atoms with E-state index in [1.54, 1.807) is 0 Å². The fourth-order valence-electron chi connectivity index (χ4n) is 4.95. The molecule has 0 rings (SSSR count). The summed E-state index contributed by atoms with van der Waals surface area (Å²) in [4.78, 5) is 22.2. The first-order chi connectivity index (χ1) is 25.7. The average Bonchev–Trinajstić information content (AvgIpc) is 3.13. The van der Waals surface area contributed by atoms with Gasteiger partial charge in [0, 0.05) is 6.42 Å². The largest absolute Gasteiger partial charge is 0.481 e. The van der Waals surface area contributed by atoms with Crippen LogP contribution in [0.4, 0.5) is 0 Å². The van der Waals surface area contributed by atoms with Crippen molar-refractivity contribution in [3.8, 4) is 0 Å². The molecule has 0 saturated heterocycles. The summed E-state index contributed by atoms with van der Waals surface area (Å²) in [6.45, 7) is 10.5. The molecule has 0 unspecified atom stereocenters. The lowest BCUT2D eigenvalue weighted by Gasteiger charge is -2.09. The van der Waals surface area contributed by atoms with E-state index in [4.69, 9.17) is 52.5 Å². The Hall–Kier alpha value is -1.42. The van der Waals surface area contributed by atoms with Gasteiger partial charge in [-0.15, -0.1) is 0 Å². The van der Waals surface area contributed by atoms with Crippen LogP contribution in [-0.4, -0.2) is 143 Å². The Morgan fingerprint density at radius 2 is 0.577 bits per heavy atom. The summed E-state index contributed by atoms with van der Waals surface area (Å²) < 4.78 is 53.9. The Morgan fingerprint density at radius 3 is 0.865 bits per heavy atom. The van der Waals surface area contributed by atoms with E-state index in [1.807, 2.05) is 0 Å². The lowest BCUT2D eigenvalue weighted by molar-refractivity contribution is -0.145. The third-order valence-electron chi connectivity index (χ3n) is 7.91. The molecule has 0 fully saturated rings. The van der Waals surface area contributed by atoms with Crippen LogP contribution in [0, 0.1) is 0 Å². The Morgan fingerprint density at radius 1 is 0.327 bits per heavy atom. The highest BCUT2D eigenvalue weighted by molar-refractivity contribution is 5.69. The van der Waals surface area contributed by atoms with Crippen molar-refractivity contribution in [1.29, 1.82) is 0 Å². The molecule has 0 aliphatic heterocycles. The molecule has 0 saturated carbocycles. The minimum Gasteiger partial charge on any atom is -0.481 e. The van der Waals surface area contributed by atoms with Crippen LogP contribution in [0.1, 0.15) is 116 Å². The van der Waals surface area contributed by atoms with Crippen LogP contribution >= 0.6 is 0 Å². The molecule has 0 radical (unpaired) electrons. The van der Waals surface area contributed by atoms with Crippen LogP contribution in [0.3, 0.4) is 0 Å². The molecule has 310 valence electrons. The summed E-state index contributed by atoms with van der Waals surface area (Å²) in [7, 11) is 0. The molecule has 0 atom stereocenters. The van der Waals surface area contributed by atoms with Gasteiger partial charge in [-0.3, -0.25) is 9.59 Å². The van der Waals surface area contributed by atoms with Crippen molar-refractivity contribution in [2.75, 3.05) is 126 Å². The van der Waals surface area contributed by atoms with Crippen molar-refractivity contribution in [2.45, 2.75) is 116 Å². The van der Waals surface area contributed by atoms with E-state index < -0.39 is 5.97 Å². The van der Waals surface area contributed by atoms with Crippen molar-refractivity contribution in [3.63, 3.8) is 0 Å². The minimum atomic E-state index is -0.874. The van der Waals surface area contributed by atoms with Gasteiger partial charge in [0.1, 0.15) is 6.61 Å². The summed E-state index contributed by atoms with van der Waals surface area (Å²) >= 11 is 0. The number of ether oxygens (including phenoxy) is 10. The van der Waals surface area contributed by atoms with Crippen molar-refractivity contribution in [2.24, 2.45) is 0 Å². The van der Waals surface area contributed by atoms with Gasteiger partial charge >= 0.3 is 11.9 Å². The lowest BCUT2D eigenvalue weighted by Crippen LogP contribution is -2.15. The van der Waals surface area contributed by atoms with Gasteiger partial charge in [-0.05, 0) is 6.42 Å². The first-order valence-electron chi connectivity index (χ1n) is 20.2. The fraction of sp³-hybridized carbons (Fsp3) is 0.949. The predicted octanol–water partition coefficient (Wildman–Crippen LogP) is 6.42. The Labute approximate surface area is 315 Å². The molecule has 0 amide bonds. The molecule has 13 heteroatoms. The topological polar surface area (TPSA) is 147 Å². The van der Waals surface area contributed by atoms with E-state index in [0.717, 1.165) is 12.8 Å². The SMILES string of the molecule is CCCCCCCCCCCCCCCCCC(=O)OCCOCCOCCOCCOCCOCCOCCOCCOCCOCCC(=O)O. The lowest BCUT2D eigenvalue weighted by atomic mass is 10.0. The van der Waals surface area contributed by atoms with Crippen molar-refractivity contribution in [1.82, 2.24) is 0 Å². The highest BCUT2D eigenvalue weighted by Crippen LogP contribution is 2.13. The van der Waals surface area contributed by atoms with Crippen molar-refractivity contribution in [3.05, 3.63) is 0 Å². The van der Waals surface area contributed by atoms with Crippen LogP contribution in [0.15, 0.2) is 0 Å². The van der Waals surface area contributed by atoms with Crippen LogP contribution in [0.5, 0.6) is 0 Å². The molecule has 0 aromatic heterocycles. The number of carbonyl (C=O) groups is 2. The number of carboxylic acid groups (broad SMARTS) is 1. The van der Waals surface area contributed by atoms with Crippen LogP contribution in [0.25, 0.3) is 0 Å². The number of esters is 1. The predicted molar refractivity (Wildman–Crippen MR) is 200 cm³/mol. The van der Waals surface area contributed by atoms with E-state index in [1.165, 1.54) is 83.5 Å². The Balaban J connectivity index is 3.13. The maximum absolute atomic E-state index is 11.9. The van der Waals surface area contributed by atoms with Gasteiger partial charge in [-0.2, -0.15) is 0 Å². The number of carbonyl (C=O) groups excluding carboxylic acids is 1. The van der Waals surface area contributed by atoms with Crippen molar-refractivity contribution >= 4 is 11.9 Å². The summed E-state index contributed by atoms with van der Waals surface area (Å²) in [6, 6.07) is 0. The second kappa shape index (κ2) is 45.7. The van der Waals surface area contributed by atoms with Gasteiger partial charge in [0.25, 0.3) is 0 Å². The number of unbranched alkanes of at least 4 members (excludes halogenated alkanes) is 14. The monoisotopic (exact) mass is 753 g/mol. The summed E-state index contributed by atoms with van der Waals surface area (Å²) in [5.74, 6) is -1.01. The number of carboxylic acids is 1. The van der Waals surface area contributed by atoms with E-state index in [9.17, 15) is 9.59 Å². The van der Waals surface area contributed by atoms with Crippen LogP contribution in [0.2, 0.25) is 0 Å². The summed E-state index contributed by atoms with van der Waals surface area (Å²) in [6.07, 6.45) is 20.2. The second-order valence-electron chi connectivity index (χ2n) is 12.6. The van der Waals surface area contributed by atoms with E-state index in [-0.39, 0.29) is 25.6 Å². The van der Waals surface area contributed by atoms with Crippen LogP contribution < -0.4 is 0 Å². The Kier molecular flexibility index (Phi) is 44.5. The molecule has 0 heterocycles. The maximum Gasteiger partial charge on any atom is 0.305 e. The fourth-order valence-corrected chi connectivity index (χ4v) is 4.95. The standard InChI is InChI=1S/C39H76O13/c1-2-3-4-5-6-7-8-9-10-11-12-13-14-15-16-17-39(42)52-37-36-51-35-34-50-33-32-49-31-30-48-29-28-47-27-26-46-25-24-45-23-22-44-21-20-43-19-18-38(40)41/h2-37H2,1H3,(H,40,41). The van der Waals surface area contributed by atoms with E-state index in [2.05, 4.69) is 6.92 Å². The molecule has 1 N–H and O–H groups in total. The highest BCUT2D eigenvalue weighted by Gasteiger charge is 2.03. The summed E-state index contributed by atoms with van der Waals surface area (Å²) in [5.41, 5.74) is 0. The number of aliphatic carboxylic acids is 1. The van der Waals surface area contributed by atoms with Gasteiger partial charge < -0.3 is 52.5 Å². The van der Waals surface area contributed by atoms with Gasteiger partial charge in [0.05, 0.1) is 125 Å². The zero-order chi connectivity index (χ0) is 37.7. The first-order valence-corrected chi connectivity index (χ1v) is 20.2. The maximum atomic E-state index is 11.9. The molecule has 0 spiro atoms. The number of hydrogen-bond acceptors (Lipinski definition) is 12. The first kappa shape index (κ1) is 50.6. The smallest absolute Gasteiger partial charge is 0.305 e. The number of rotatable bonds is 46. The third-order valence-corrected chi connectivity index (χ3v) is 7.91. The van der Waals surface area contributed by atoms with Crippen LogP contribution in [-0.2, 0) is 57.0 Å². The molecule has 13 nitrogen and oxygen atoms in total. The molecule has 52 heavy (non-hydrogen) atoms. The molecule has 0 aliphatic rings. The third kappa shape index (κ3) is 46.6. The number of hydrogen-bond donors (Lipinski definition) is 1.